The first-order valence-electron chi connectivity index (χ1n) is 5.32. The van der Waals surface area contributed by atoms with Crippen LogP contribution in [0.4, 0.5) is 10.5 Å². The Balaban J connectivity index is 2.57. The number of nitrogens with zero attached hydrogens (tertiary/aromatic N) is 1. The molecule has 1 aliphatic heterocycles. The first-order valence-corrected chi connectivity index (χ1v) is 5.32. The number of rotatable bonds is 1. The number of carbonyl (C=O) groups excluding carboxylic acids is 2. The number of amides is 1. The van der Waals surface area contributed by atoms with E-state index in [1.807, 2.05) is 24.3 Å². The SMILES string of the molecule is COC(=O)N1c2ccccc2C=C(C=O)[C@H]1C. The molecule has 4 heteroatoms. The van der Waals surface area contributed by atoms with E-state index in [0.29, 0.717) is 5.57 Å². The van der Waals surface area contributed by atoms with Gasteiger partial charge in [-0.1, -0.05) is 18.2 Å². The van der Waals surface area contributed by atoms with Crippen LogP contribution in [0.2, 0.25) is 0 Å². The van der Waals surface area contributed by atoms with Gasteiger partial charge in [0.1, 0.15) is 6.29 Å². The molecule has 1 aromatic carbocycles. The predicted molar refractivity (Wildman–Crippen MR) is 64.8 cm³/mol. The summed E-state index contributed by atoms with van der Waals surface area (Å²) in [7, 11) is 1.33. The molecule has 1 atom stereocenters. The third-order valence-corrected chi connectivity index (χ3v) is 2.90. The summed E-state index contributed by atoms with van der Waals surface area (Å²) in [5, 5.41) is 0. The molecule has 0 aromatic heterocycles. The number of para-hydroxylation sites is 1. The molecule has 1 aromatic rings. The van der Waals surface area contributed by atoms with Gasteiger partial charge in [-0.25, -0.2) is 4.79 Å². The van der Waals surface area contributed by atoms with Crippen LogP contribution in [0.3, 0.4) is 0 Å². The molecule has 88 valence electrons. The molecule has 0 unspecified atom stereocenters. The van der Waals surface area contributed by atoms with E-state index in [1.54, 1.807) is 13.0 Å². The molecule has 0 bridgehead atoms. The lowest BCUT2D eigenvalue weighted by molar-refractivity contribution is -0.105. The van der Waals surface area contributed by atoms with Gasteiger partial charge in [0.15, 0.2) is 0 Å². The van der Waals surface area contributed by atoms with Gasteiger partial charge in [0.2, 0.25) is 0 Å². The van der Waals surface area contributed by atoms with Gasteiger partial charge in [-0.3, -0.25) is 9.69 Å². The zero-order valence-corrected chi connectivity index (χ0v) is 9.71. The maximum absolute atomic E-state index is 11.8. The third kappa shape index (κ3) is 1.82. The lowest BCUT2D eigenvalue weighted by atomic mass is 9.98. The zero-order valence-electron chi connectivity index (χ0n) is 9.71. The maximum atomic E-state index is 11.8. The molecule has 0 radical (unpaired) electrons. The first-order chi connectivity index (χ1) is 8.19. The van der Waals surface area contributed by atoms with E-state index in [2.05, 4.69) is 0 Å². The van der Waals surface area contributed by atoms with Gasteiger partial charge in [0.05, 0.1) is 18.8 Å². The minimum Gasteiger partial charge on any atom is -0.452 e. The van der Waals surface area contributed by atoms with Crippen molar-refractivity contribution >= 4 is 24.1 Å². The Morgan fingerprint density at radius 2 is 2.12 bits per heavy atom. The van der Waals surface area contributed by atoms with E-state index in [1.165, 1.54) is 12.0 Å². The van der Waals surface area contributed by atoms with Crippen molar-refractivity contribution in [3.05, 3.63) is 35.4 Å². The van der Waals surface area contributed by atoms with Crippen LogP contribution in [0.15, 0.2) is 29.8 Å². The summed E-state index contributed by atoms with van der Waals surface area (Å²) in [4.78, 5) is 24.2. The Morgan fingerprint density at radius 1 is 1.41 bits per heavy atom. The van der Waals surface area contributed by atoms with Gasteiger partial charge in [-0.15, -0.1) is 0 Å². The number of methoxy groups -OCH3 is 1. The molecule has 1 amide bonds. The fourth-order valence-corrected chi connectivity index (χ4v) is 1.97. The van der Waals surface area contributed by atoms with Crippen LogP contribution in [0.1, 0.15) is 12.5 Å². The first kappa shape index (κ1) is 11.4. The fourth-order valence-electron chi connectivity index (χ4n) is 1.97. The number of benzene rings is 1. The molecule has 0 fully saturated rings. The lowest BCUT2D eigenvalue weighted by Gasteiger charge is -2.32. The van der Waals surface area contributed by atoms with Crippen LogP contribution < -0.4 is 4.90 Å². The van der Waals surface area contributed by atoms with E-state index in [4.69, 9.17) is 4.74 Å². The number of hydrogen-bond acceptors (Lipinski definition) is 3. The summed E-state index contributed by atoms with van der Waals surface area (Å²) in [5.74, 6) is 0. The lowest BCUT2D eigenvalue weighted by Crippen LogP contribution is -2.42. The van der Waals surface area contributed by atoms with Crippen molar-refractivity contribution in [1.29, 1.82) is 0 Å². The summed E-state index contributed by atoms with van der Waals surface area (Å²) in [6, 6.07) is 7.10. The van der Waals surface area contributed by atoms with Gasteiger partial charge >= 0.3 is 6.09 Å². The Morgan fingerprint density at radius 3 is 2.76 bits per heavy atom. The Kier molecular flexibility index (Phi) is 2.95. The van der Waals surface area contributed by atoms with Gasteiger partial charge in [0.25, 0.3) is 0 Å². The highest BCUT2D eigenvalue weighted by atomic mass is 16.5. The number of hydrogen-bond donors (Lipinski definition) is 0. The Bertz CT molecular complexity index is 493. The topological polar surface area (TPSA) is 46.6 Å². The molecule has 1 aliphatic rings. The zero-order chi connectivity index (χ0) is 12.4. The highest BCUT2D eigenvalue weighted by Gasteiger charge is 2.30. The average Bonchev–Trinajstić information content (AvgIpc) is 2.37. The van der Waals surface area contributed by atoms with Crippen molar-refractivity contribution in [3.63, 3.8) is 0 Å². The van der Waals surface area contributed by atoms with Crippen LogP contribution in [0, 0.1) is 0 Å². The molecular formula is C13H13NO3. The van der Waals surface area contributed by atoms with E-state index >= 15 is 0 Å². The van der Waals surface area contributed by atoms with Crippen molar-refractivity contribution in [3.8, 4) is 0 Å². The molecule has 0 saturated carbocycles. The fraction of sp³-hybridized carbons (Fsp3) is 0.231. The van der Waals surface area contributed by atoms with Crippen molar-refractivity contribution in [2.75, 3.05) is 12.0 Å². The molecule has 0 saturated heterocycles. The summed E-state index contributed by atoms with van der Waals surface area (Å²) < 4.78 is 4.75. The molecular weight excluding hydrogens is 218 g/mol. The van der Waals surface area contributed by atoms with Gasteiger partial charge in [0, 0.05) is 5.57 Å². The summed E-state index contributed by atoms with van der Waals surface area (Å²) in [6.07, 6.45) is 2.11. The minimum atomic E-state index is -0.461. The number of aldehydes is 1. The summed E-state index contributed by atoms with van der Waals surface area (Å²) in [5.41, 5.74) is 2.17. The molecule has 17 heavy (non-hydrogen) atoms. The second-order valence-electron chi connectivity index (χ2n) is 3.84. The quantitative estimate of drug-likeness (QED) is 0.696. The Labute approximate surface area is 99.5 Å². The molecule has 4 nitrogen and oxygen atoms in total. The highest BCUT2D eigenvalue weighted by molar-refractivity contribution is 5.99. The number of carbonyl (C=O) groups is 2. The van der Waals surface area contributed by atoms with Crippen LogP contribution >= 0.6 is 0 Å². The van der Waals surface area contributed by atoms with E-state index < -0.39 is 6.09 Å². The van der Waals surface area contributed by atoms with Crippen molar-refractivity contribution in [1.82, 2.24) is 0 Å². The second kappa shape index (κ2) is 4.41. The smallest absolute Gasteiger partial charge is 0.414 e. The van der Waals surface area contributed by atoms with Crippen LogP contribution in [0.5, 0.6) is 0 Å². The van der Waals surface area contributed by atoms with Crippen LogP contribution in [0.25, 0.3) is 6.08 Å². The third-order valence-electron chi connectivity index (χ3n) is 2.90. The summed E-state index contributed by atoms with van der Waals surface area (Å²) >= 11 is 0. The maximum Gasteiger partial charge on any atom is 0.414 e. The minimum absolute atomic E-state index is 0.310. The monoisotopic (exact) mass is 231 g/mol. The largest absolute Gasteiger partial charge is 0.452 e. The Hall–Kier alpha value is -2.10. The van der Waals surface area contributed by atoms with Crippen molar-refractivity contribution < 1.29 is 14.3 Å². The number of ether oxygens (including phenoxy) is 1. The van der Waals surface area contributed by atoms with Crippen LogP contribution in [-0.2, 0) is 9.53 Å². The number of anilines is 1. The predicted octanol–water partition coefficient (Wildman–Crippen LogP) is 2.24. The van der Waals surface area contributed by atoms with Crippen molar-refractivity contribution in [2.24, 2.45) is 0 Å². The molecule has 0 spiro atoms. The highest BCUT2D eigenvalue weighted by Crippen LogP contribution is 2.32. The normalized spacial score (nSPS) is 18.1. The van der Waals surface area contributed by atoms with Crippen LogP contribution in [-0.4, -0.2) is 25.5 Å². The molecule has 0 aliphatic carbocycles. The van der Waals surface area contributed by atoms with E-state index in [0.717, 1.165) is 17.5 Å². The average molecular weight is 231 g/mol. The standard InChI is InChI=1S/C13H13NO3/c1-9-11(8-15)7-10-5-3-4-6-12(10)14(9)13(16)17-2/h3-9H,1-2H3/t9-/m1/s1. The van der Waals surface area contributed by atoms with E-state index in [9.17, 15) is 9.59 Å². The number of fused-ring (bicyclic) bond motifs is 1. The van der Waals surface area contributed by atoms with Gasteiger partial charge < -0.3 is 4.74 Å². The van der Waals surface area contributed by atoms with Crippen molar-refractivity contribution in [2.45, 2.75) is 13.0 Å². The van der Waals surface area contributed by atoms with Gasteiger partial charge in [-0.2, -0.15) is 0 Å². The molecule has 0 N–H and O–H groups in total. The second-order valence-corrected chi connectivity index (χ2v) is 3.84. The molecule has 1 heterocycles. The molecule has 2 rings (SSSR count). The van der Waals surface area contributed by atoms with E-state index in [-0.39, 0.29) is 6.04 Å². The van der Waals surface area contributed by atoms with Gasteiger partial charge in [-0.05, 0) is 24.6 Å². The summed E-state index contributed by atoms with van der Waals surface area (Å²) in [6.45, 7) is 1.80.